The largest absolute Gasteiger partial charge is 0.385 e. The molecule has 0 bridgehead atoms. The van der Waals surface area contributed by atoms with Crippen molar-refractivity contribution in [1.82, 2.24) is 5.32 Å². The quantitative estimate of drug-likeness (QED) is 0.485. The number of rotatable bonds is 6. The maximum atomic E-state index is 13.5. The zero-order valence-electron chi connectivity index (χ0n) is 10.1. The van der Waals surface area contributed by atoms with Crippen LogP contribution in [0.15, 0.2) is 12.1 Å². The Morgan fingerprint density at radius 1 is 1.42 bits per heavy atom. The highest BCUT2D eigenvalue weighted by Crippen LogP contribution is 2.21. The predicted octanol–water partition coefficient (Wildman–Crippen LogP) is 1.64. The molecule has 0 aromatic heterocycles. The molecule has 1 amide bonds. The van der Waals surface area contributed by atoms with Crippen molar-refractivity contribution in [3.63, 3.8) is 0 Å². The fourth-order valence-electron chi connectivity index (χ4n) is 1.36. The number of nitrogens with one attached hydrogen (secondary N) is 1. The van der Waals surface area contributed by atoms with Gasteiger partial charge in [-0.2, -0.15) is 4.39 Å². The van der Waals surface area contributed by atoms with Crippen molar-refractivity contribution >= 4 is 11.6 Å². The molecule has 0 heterocycles. The van der Waals surface area contributed by atoms with Gasteiger partial charge in [-0.15, -0.1) is 0 Å². The second-order valence-electron chi connectivity index (χ2n) is 3.64. The number of nitrogens with zero attached hydrogens (tertiary/aromatic N) is 1. The SMILES string of the molecule is COCCCNC(=O)c1cc(F)c([N+](=O)[O-])cc1F. The van der Waals surface area contributed by atoms with E-state index in [9.17, 15) is 23.7 Å². The molecule has 1 aromatic rings. The van der Waals surface area contributed by atoms with Crippen molar-refractivity contribution < 1.29 is 23.2 Å². The van der Waals surface area contributed by atoms with E-state index in [0.29, 0.717) is 25.2 Å². The molecular weight excluding hydrogens is 262 g/mol. The summed E-state index contributed by atoms with van der Waals surface area (Å²) in [7, 11) is 1.49. The highest BCUT2D eigenvalue weighted by Gasteiger charge is 2.21. The summed E-state index contributed by atoms with van der Waals surface area (Å²) in [5, 5.41) is 12.7. The molecule has 0 unspecified atom stereocenters. The molecule has 0 aliphatic rings. The predicted molar refractivity (Wildman–Crippen MR) is 61.8 cm³/mol. The molecule has 0 aliphatic carbocycles. The minimum absolute atomic E-state index is 0.227. The standard InChI is InChI=1S/C11H12F2N2O4/c1-19-4-2-3-14-11(16)7-5-9(13)10(15(17)18)6-8(7)12/h5-6H,2-4H2,1H3,(H,14,16). The van der Waals surface area contributed by atoms with Crippen LogP contribution in [0.2, 0.25) is 0 Å². The average molecular weight is 274 g/mol. The molecule has 19 heavy (non-hydrogen) atoms. The second-order valence-corrected chi connectivity index (χ2v) is 3.64. The molecule has 0 fully saturated rings. The number of halogens is 2. The lowest BCUT2D eigenvalue weighted by Gasteiger charge is -2.06. The Bertz CT molecular complexity index is 494. The number of carbonyl (C=O) groups excluding carboxylic acids is 1. The molecule has 0 aliphatic heterocycles. The molecule has 0 saturated carbocycles. The van der Waals surface area contributed by atoms with Crippen LogP contribution in [0.1, 0.15) is 16.8 Å². The first-order valence-electron chi connectivity index (χ1n) is 5.38. The van der Waals surface area contributed by atoms with Crippen LogP contribution >= 0.6 is 0 Å². The van der Waals surface area contributed by atoms with Crippen molar-refractivity contribution in [1.29, 1.82) is 0 Å². The topological polar surface area (TPSA) is 81.5 Å². The number of ether oxygens (including phenoxy) is 1. The monoisotopic (exact) mass is 274 g/mol. The van der Waals surface area contributed by atoms with Crippen LogP contribution in [-0.2, 0) is 4.74 Å². The third-order valence-corrected chi connectivity index (χ3v) is 2.29. The lowest BCUT2D eigenvalue weighted by atomic mass is 10.1. The Balaban J connectivity index is 2.81. The van der Waals surface area contributed by atoms with Crippen LogP contribution in [-0.4, -0.2) is 31.1 Å². The van der Waals surface area contributed by atoms with E-state index in [0.717, 1.165) is 0 Å². The summed E-state index contributed by atoms with van der Waals surface area (Å²) in [6.45, 7) is 0.641. The highest BCUT2D eigenvalue weighted by atomic mass is 19.1. The molecule has 1 rings (SSSR count). The number of nitro groups is 1. The number of hydrogen-bond donors (Lipinski definition) is 1. The van der Waals surface area contributed by atoms with Gasteiger partial charge in [0.1, 0.15) is 5.82 Å². The maximum Gasteiger partial charge on any atom is 0.307 e. The van der Waals surface area contributed by atoms with Gasteiger partial charge in [0.25, 0.3) is 5.91 Å². The molecule has 0 atom stereocenters. The summed E-state index contributed by atoms with van der Waals surface area (Å²) in [6, 6.07) is 0.901. The van der Waals surface area contributed by atoms with Gasteiger partial charge in [-0.05, 0) is 12.5 Å². The van der Waals surface area contributed by atoms with Crippen molar-refractivity contribution in [3.8, 4) is 0 Å². The van der Waals surface area contributed by atoms with E-state index < -0.39 is 33.7 Å². The van der Waals surface area contributed by atoms with Crippen molar-refractivity contribution in [2.24, 2.45) is 0 Å². The zero-order chi connectivity index (χ0) is 14.4. The molecule has 1 aromatic carbocycles. The summed E-state index contributed by atoms with van der Waals surface area (Å²) in [5.74, 6) is -3.23. The Hall–Kier alpha value is -2.09. The van der Waals surface area contributed by atoms with Crippen LogP contribution in [0.4, 0.5) is 14.5 Å². The van der Waals surface area contributed by atoms with Crippen LogP contribution in [0, 0.1) is 21.7 Å². The molecule has 1 N–H and O–H groups in total. The first kappa shape index (κ1) is 15.0. The fourth-order valence-corrected chi connectivity index (χ4v) is 1.36. The number of amides is 1. The summed E-state index contributed by atoms with van der Waals surface area (Å²) >= 11 is 0. The molecular formula is C11H12F2N2O4. The number of methoxy groups -OCH3 is 1. The van der Waals surface area contributed by atoms with Crippen molar-refractivity contribution in [2.45, 2.75) is 6.42 Å². The van der Waals surface area contributed by atoms with Crippen LogP contribution in [0.25, 0.3) is 0 Å². The molecule has 8 heteroatoms. The van der Waals surface area contributed by atoms with E-state index in [1.807, 2.05) is 0 Å². The molecule has 0 spiro atoms. The van der Waals surface area contributed by atoms with Gasteiger partial charge in [0.2, 0.25) is 5.82 Å². The Morgan fingerprint density at radius 3 is 2.68 bits per heavy atom. The fraction of sp³-hybridized carbons (Fsp3) is 0.364. The zero-order valence-corrected chi connectivity index (χ0v) is 10.1. The third kappa shape index (κ3) is 3.95. The van der Waals surface area contributed by atoms with Gasteiger partial charge >= 0.3 is 5.69 Å². The normalized spacial score (nSPS) is 10.3. The summed E-state index contributed by atoms with van der Waals surface area (Å²) in [4.78, 5) is 20.9. The van der Waals surface area contributed by atoms with E-state index in [1.54, 1.807) is 0 Å². The molecule has 0 radical (unpaired) electrons. The smallest absolute Gasteiger partial charge is 0.307 e. The second kappa shape index (κ2) is 6.74. The van der Waals surface area contributed by atoms with Gasteiger partial charge in [-0.1, -0.05) is 0 Å². The van der Waals surface area contributed by atoms with Gasteiger partial charge in [0.15, 0.2) is 0 Å². The Morgan fingerprint density at radius 2 is 2.11 bits per heavy atom. The highest BCUT2D eigenvalue weighted by molar-refractivity contribution is 5.94. The first-order valence-corrected chi connectivity index (χ1v) is 5.38. The first-order chi connectivity index (χ1) is 8.97. The van der Waals surface area contributed by atoms with Crippen LogP contribution in [0.3, 0.4) is 0 Å². The lowest BCUT2D eigenvalue weighted by Crippen LogP contribution is -2.26. The van der Waals surface area contributed by atoms with Gasteiger partial charge in [0, 0.05) is 20.3 Å². The molecule has 0 saturated heterocycles. The number of benzene rings is 1. The summed E-state index contributed by atoms with van der Waals surface area (Å²) < 4.78 is 31.5. The van der Waals surface area contributed by atoms with E-state index >= 15 is 0 Å². The lowest BCUT2D eigenvalue weighted by molar-refractivity contribution is -0.387. The van der Waals surface area contributed by atoms with Gasteiger partial charge < -0.3 is 10.1 Å². The minimum atomic E-state index is -1.26. The Kier molecular flexibility index (Phi) is 5.31. The number of carbonyl (C=O) groups is 1. The van der Waals surface area contributed by atoms with Gasteiger partial charge in [-0.25, -0.2) is 4.39 Å². The van der Waals surface area contributed by atoms with Crippen molar-refractivity contribution in [3.05, 3.63) is 39.4 Å². The maximum absolute atomic E-state index is 13.5. The number of nitro benzene ring substituents is 1. The summed E-state index contributed by atoms with van der Waals surface area (Å²) in [5.41, 5.74) is -1.58. The summed E-state index contributed by atoms with van der Waals surface area (Å²) in [6.07, 6.45) is 0.513. The van der Waals surface area contributed by atoms with E-state index in [4.69, 9.17) is 4.74 Å². The van der Waals surface area contributed by atoms with Crippen LogP contribution in [0.5, 0.6) is 0 Å². The molecule has 104 valence electrons. The van der Waals surface area contributed by atoms with Gasteiger partial charge in [0.05, 0.1) is 16.6 Å². The average Bonchev–Trinajstić information content (AvgIpc) is 2.36. The third-order valence-electron chi connectivity index (χ3n) is 2.29. The van der Waals surface area contributed by atoms with Crippen LogP contribution < -0.4 is 5.32 Å². The Labute approximate surface area is 107 Å². The van der Waals surface area contributed by atoms with Gasteiger partial charge in [-0.3, -0.25) is 14.9 Å². The van der Waals surface area contributed by atoms with E-state index in [1.165, 1.54) is 7.11 Å². The number of hydrogen-bond acceptors (Lipinski definition) is 4. The minimum Gasteiger partial charge on any atom is -0.385 e. The van der Waals surface area contributed by atoms with E-state index in [-0.39, 0.29) is 6.54 Å². The molecule has 6 nitrogen and oxygen atoms in total. The van der Waals surface area contributed by atoms with Crippen molar-refractivity contribution in [2.75, 3.05) is 20.3 Å². The van der Waals surface area contributed by atoms with E-state index in [2.05, 4.69) is 5.32 Å².